The highest BCUT2D eigenvalue weighted by Gasteiger charge is 2.29. The van der Waals surface area contributed by atoms with Gasteiger partial charge in [-0.25, -0.2) is 9.78 Å². The summed E-state index contributed by atoms with van der Waals surface area (Å²) in [6.45, 7) is 0.989. The van der Waals surface area contributed by atoms with E-state index in [2.05, 4.69) is 43.4 Å². The Morgan fingerprint density at radius 3 is 2.66 bits per heavy atom. The van der Waals surface area contributed by atoms with Crippen LogP contribution in [0.4, 0.5) is 39.3 Å². The summed E-state index contributed by atoms with van der Waals surface area (Å²) in [7, 11) is 0. The second-order valence-electron chi connectivity index (χ2n) is 10.3. The molecule has 6 bridgehead atoms. The van der Waals surface area contributed by atoms with Crippen LogP contribution in [0.15, 0.2) is 79.0 Å². The molecule has 9 nitrogen and oxygen atoms in total. The highest BCUT2D eigenvalue weighted by Crippen LogP contribution is 2.30. The van der Waals surface area contributed by atoms with Crippen LogP contribution in [0.25, 0.3) is 0 Å². The van der Waals surface area contributed by atoms with Gasteiger partial charge in [0.25, 0.3) is 0 Å². The predicted octanol–water partition coefficient (Wildman–Crippen LogP) is 6.60. The Bertz CT molecular complexity index is 1580. The summed E-state index contributed by atoms with van der Waals surface area (Å²) >= 11 is 6.39. The smallest absolute Gasteiger partial charge is 0.321 e. The molecule has 0 aliphatic carbocycles. The third-order valence-electron chi connectivity index (χ3n) is 7.34. The Kier molecular flexibility index (Phi) is 7.69. The van der Waals surface area contributed by atoms with Gasteiger partial charge in [-0.3, -0.25) is 4.79 Å². The number of fused-ring (bicyclic) bond motifs is 6. The van der Waals surface area contributed by atoms with Crippen molar-refractivity contribution in [1.82, 2.24) is 14.9 Å². The molecule has 1 atom stereocenters. The van der Waals surface area contributed by atoms with Crippen molar-refractivity contribution in [3.63, 3.8) is 0 Å². The minimum Gasteiger partial charge on any atom is -0.339 e. The number of amides is 3. The van der Waals surface area contributed by atoms with Gasteiger partial charge < -0.3 is 26.2 Å². The highest BCUT2D eigenvalue weighted by molar-refractivity contribution is 6.32. The van der Waals surface area contributed by atoms with E-state index in [4.69, 9.17) is 11.6 Å². The zero-order valence-electron chi connectivity index (χ0n) is 22.4. The first-order valence-electron chi connectivity index (χ1n) is 13.7. The van der Waals surface area contributed by atoms with Crippen LogP contribution in [0.3, 0.4) is 0 Å². The number of likely N-dealkylation sites (tertiary alicyclic amines) is 1. The molecule has 4 aromatic rings. The molecule has 3 heterocycles. The van der Waals surface area contributed by atoms with E-state index in [1.807, 2.05) is 60.7 Å². The summed E-state index contributed by atoms with van der Waals surface area (Å²) in [5, 5.41) is 13.0. The molecule has 3 amide bonds. The van der Waals surface area contributed by atoms with Gasteiger partial charge in [0.15, 0.2) is 5.82 Å². The molecule has 4 N–H and O–H groups in total. The van der Waals surface area contributed by atoms with Crippen molar-refractivity contribution >= 4 is 58.1 Å². The van der Waals surface area contributed by atoms with E-state index < -0.39 is 0 Å². The summed E-state index contributed by atoms with van der Waals surface area (Å²) in [5.41, 5.74) is 5.31. The molecule has 41 heavy (non-hydrogen) atoms. The van der Waals surface area contributed by atoms with Crippen LogP contribution >= 0.6 is 11.6 Å². The maximum atomic E-state index is 13.5. The Balaban J connectivity index is 1.21. The molecular formula is C31H30ClN7O2. The Hall–Kier alpha value is -4.63. The van der Waals surface area contributed by atoms with E-state index in [-0.39, 0.29) is 17.9 Å². The van der Waals surface area contributed by atoms with Crippen molar-refractivity contribution in [2.24, 2.45) is 5.92 Å². The van der Waals surface area contributed by atoms with Gasteiger partial charge in [-0.2, -0.15) is 4.98 Å². The summed E-state index contributed by atoms with van der Waals surface area (Å²) in [6, 6.07) is 23.1. The lowest BCUT2D eigenvalue weighted by molar-refractivity contribution is -0.121. The monoisotopic (exact) mass is 567 g/mol. The third kappa shape index (κ3) is 6.41. The van der Waals surface area contributed by atoms with Crippen molar-refractivity contribution in [3.8, 4) is 0 Å². The van der Waals surface area contributed by atoms with E-state index in [0.29, 0.717) is 36.3 Å². The quantitative estimate of drug-likeness (QED) is 0.222. The van der Waals surface area contributed by atoms with Crippen molar-refractivity contribution in [2.45, 2.75) is 25.7 Å². The normalized spacial score (nSPS) is 16.1. The van der Waals surface area contributed by atoms with Crippen molar-refractivity contribution in [2.75, 3.05) is 34.4 Å². The number of carbonyl (C=O) groups excluding carboxylic acids is 2. The van der Waals surface area contributed by atoms with Crippen molar-refractivity contribution < 1.29 is 9.59 Å². The number of aryl methyl sites for hydroxylation is 2. The molecule has 10 heteroatoms. The molecule has 0 saturated carbocycles. The Labute approximate surface area is 243 Å². The van der Waals surface area contributed by atoms with E-state index in [1.54, 1.807) is 11.1 Å². The van der Waals surface area contributed by atoms with Crippen LogP contribution in [-0.2, 0) is 17.6 Å². The van der Waals surface area contributed by atoms with Crippen LogP contribution in [0.2, 0.25) is 5.02 Å². The Morgan fingerprint density at radius 2 is 1.78 bits per heavy atom. The number of halogens is 1. The molecule has 2 aliphatic rings. The van der Waals surface area contributed by atoms with Gasteiger partial charge in [-0.05, 0) is 79.3 Å². The second-order valence-corrected chi connectivity index (χ2v) is 10.7. The van der Waals surface area contributed by atoms with Gasteiger partial charge in [0.1, 0.15) is 5.02 Å². The number of anilines is 6. The topological polar surface area (TPSA) is 111 Å². The number of rotatable bonds is 3. The molecule has 1 fully saturated rings. The SMILES string of the molecule is O=C(Nc1ccc2cc1CCc1cccc(c1)Nc1ncc(Cl)c(n1)N2)C1CCCN(C(=O)Nc2ccccc2)C1. The van der Waals surface area contributed by atoms with Crippen LogP contribution < -0.4 is 21.3 Å². The molecule has 208 valence electrons. The molecule has 0 spiro atoms. The van der Waals surface area contributed by atoms with Crippen LogP contribution in [-0.4, -0.2) is 39.9 Å². The average Bonchev–Trinajstić information content (AvgIpc) is 2.99. The summed E-state index contributed by atoms with van der Waals surface area (Å²) in [5.74, 6) is 0.539. The largest absolute Gasteiger partial charge is 0.339 e. The fraction of sp³-hybridized carbons (Fsp3) is 0.226. The molecule has 1 aromatic heterocycles. The number of aromatic nitrogens is 2. The van der Waals surface area contributed by atoms with Crippen molar-refractivity contribution in [1.29, 1.82) is 0 Å². The number of benzene rings is 3. The number of hydrogen-bond donors (Lipinski definition) is 4. The number of nitrogens with one attached hydrogen (secondary N) is 4. The highest BCUT2D eigenvalue weighted by atomic mass is 35.5. The summed E-state index contributed by atoms with van der Waals surface area (Å²) in [6.07, 6.45) is 4.54. The Morgan fingerprint density at radius 1 is 0.927 bits per heavy atom. The zero-order valence-corrected chi connectivity index (χ0v) is 23.1. The van der Waals surface area contributed by atoms with Gasteiger partial charge >= 0.3 is 6.03 Å². The number of urea groups is 1. The number of carbonyl (C=O) groups is 2. The maximum absolute atomic E-state index is 13.5. The zero-order chi connectivity index (χ0) is 28.2. The van der Waals surface area contributed by atoms with Crippen molar-refractivity contribution in [3.05, 3.63) is 95.1 Å². The molecule has 1 saturated heterocycles. The summed E-state index contributed by atoms with van der Waals surface area (Å²) < 4.78 is 0. The lowest BCUT2D eigenvalue weighted by Gasteiger charge is -2.32. The molecular weight excluding hydrogens is 538 g/mol. The number of piperidine rings is 1. The van der Waals surface area contributed by atoms with Gasteiger partial charge in [-0.1, -0.05) is 41.9 Å². The van der Waals surface area contributed by atoms with Gasteiger partial charge in [0, 0.05) is 35.8 Å². The molecule has 3 aromatic carbocycles. The lowest BCUT2D eigenvalue weighted by atomic mass is 9.96. The lowest BCUT2D eigenvalue weighted by Crippen LogP contribution is -2.45. The first-order valence-corrected chi connectivity index (χ1v) is 14.1. The van der Waals surface area contributed by atoms with Crippen LogP contribution in [0.1, 0.15) is 24.0 Å². The minimum absolute atomic E-state index is 0.0863. The number of para-hydroxylation sites is 1. The van der Waals surface area contributed by atoms with E-state index in [9.17, 15) is 9.59 Å². The first-order chi connectivity index (χ1) is 20.0. The van der Waals surface area contributed by atoms with E-state index >= 15 is 0 Å². The fourth-order valence-electron chi connectivity index (χ4n) is 5.20. The minimum atomic E-state index is -0.300. The maximum Gasteiger partial charge on any atom is 0.321 e. The van der Waals surface area contributed by atoms with E-state index in [0.717, 1.165) is 53.1 Å². The van der Waals surface area contributed by atoms with Gasteiger partial charge in [0.2, 0.25) is 11.9 Å². The number of hydrogen-bond acceptors (Lipinski definition) is 6. The molecule has 1 unspecified atom stereocenters. The molecule has 2 aliphatic heterocycles. The third-order valence-corrected chi connectivity index (χ3v) is 7.62. The number of nitrogens with zero attached hydrogens (tertiary/aromatic N) is 3. The first kappa shape index (κ1) is 26.6. The van der Waals surface area contributed by atoms with Crippen LogP contribution in [0, 0.1) is 5.92 Å². The summed E-state index contributed by atoms with van der Waals surface area (Å²) in [4.78, 5) is 36.9. The second kappa shape index (κ2) is 11.9. The fourth-order valence-corrected chi connectivity index (χ4v) is 5.34. The molecule has 0 radical (unpaired) electrons. The predicted molar refractivity (Wildman–Crippen MR) is 162 cm³/mol. The average molecular weight is 568 g/mol. The van der Waals surface area contributed by atoms with Crippen LogP contribution in [0.5, 0.6) is 0 Å². The van der Waals surface area contributed by atoms with Gasteiger partial charge in [-0.15, -0.1) is 0 Å². The van der Waals surface area contributed by atoms with E-state index in [1.165, 1.54) is 0 Å². The molecule has 6 rings (SSSR count). The standard InChI is InChI=1S/C31H30ClN7O2/c32-26-18-33-30-35-24-10-4-6-20(16-24)11-12-21-17-25(34-28(26)38-30)13-14-27(21)37-29(40)22-7-5-15-39(19-22)31(41)36-23-8-2-1-3-9-23/h1-4,6,8-10,13-14,16-18,22H,5,7,11-12,15,19H2,(H,36,41)(H,37,40)(H2,33,34,35,38). The van der Waals surface area contributed by atoms with Gasteiger partial charge in [0.05, 0.1) is 12.1 Å².